The Bertz CT molecular complexity index is 637. The zero-order valence-corrected chi connectivity index (χ0v) is 13.3. The Balaban J connectivity index is 2.13. The predicted molar refractivity (Wildman–Crippen MR) is 82.3 cm³/mol. The van der Waals surface area contributed by atoms with Crippen LogP contribution in [0.25, 0.3) is 0 Å². The molecule has 0 saturated heterocycles. The fourth-order valence-corrected chi connectivity index (χ4v) is 2.96. The van der Waals surface area contributed by atoms with Crippen LogP contribution in [0.1, 0.15) is 6.92 Å². The Morgan fingerprint density at radius 3 is 2.95 bits per heavy atom. The molecule has 5 nitrogen and oxygen atoms in total. The Kier molecular flexibility index (Phi) is 5.68. The van der Waals surface area contributed by atoms with Crippen LogP contribution in [-0.4, -0.2) is 30.9 Å². The monoisotopic (exact) mass is 344 g/mol. The van der Waals surface area contributed by atoms with Gasteiger partial charge in [0.05, 0.1) is 23.7 Å². The molecule has 2 amide bonds. The van der Waals surface area contributed by atoms with Gasteiger partial charge in [-0.15, -0.1) is 11.8 Å². The Hall–Kier alpha value is -1.73. The molecule has 0 bridgehead atoms. The molecule has 1 aliphatic heterocycles. The first-order valence-electron chi connectivity index (χ1n) is 6.53. The summed E-state index contributed by atoms with van der Waals surface area (Å²) in [4.78, 5) is 24.0. The number of ether oxygens (including phenoxy) is 1. The first-order chi connectivity index (χ1) is 10.5. The average molecular weight is 345 g/mol. The average Bonchev–Trinajstić information content (AvgIpc) is 2.49. The predicted octanol–water partition coefficient (Wildman–Crippen LogP) is 2.70. The molecule has 0 spiro atoms. The summed E-state index contributed by atoms with van der Waals surface area (Å²) in [6.45, 7) is 2.08. The number of thioether (sulfide) groups is 1. The number of carbonyl (C=O) groups is 2. The van der Waals surface area contributed by atoms with Crippen LogP contribution in [0.3, 0.4) is 0 Å². The van der Waals surface area contributed by atoms with E-state index in [1.54, 1.807) is 13.0 Å². The standard InChI is InChI=1S/C14H14ClFN2O3S/c1-2-21-13(19)9-6-17-14(20)18-12(9)7-22-8-3-4-11(16)10(15)5-8/h3-5H,2,6-7H2,1H3,(H2,17,18,20). The summed E-state index contributed by atoms with van der Waals surface area (Å²) < 4.78 is 18.1. The van der Waals surface area contributed by atoms with Gasteiger partial charge in [0, 0.05) is 16.3 Å². The summed E-state index contributed by atoms with van der Waals surface area (Å²) in [5, 5.41) is 5.16. The molecule has 0 radical (unpaired) electrons. The second-order valence-electron chi connectivity index (χ2n) is 4.35. The fourth-order valence-electron chi connectivity index (χ4n) is 1.79. The van der Waals surface area contributed by atoms with Gasteiger partial charge in [0.1, 0.15) is 5.82 Å². The highest BCUT2D eigenvalue weighted by Gasteiger charge is 2.23. The first kappa shape index (κ1) is 16.6. The third-order valence-corrected chi connectivity index (χ3v) is 4.16. The van der Waals surface area contributed by atoms with Crippen molar-refractivity contribution in [2.75, 3.05) is 18.9 Å². The molecule has 1 aromatic rings. The molecule has 0 atom stereocenters. The lowest BCUT2D eigenvalue weighted by molar-refractivity contribution is -0.138. The third-order valence-electron chi connectivity index (χ3n) is 2.85. The van der Waals surface area contributed by atoms with Gasteiger partial charge in [-0.3, -0.25) is 0 Å². The number of hydrogen-bond donors (Lipinski definition) is 2. The van der Waals surface area contributed by atoms with Gasteiger partial charge < -0.3 is 15.4 Å². The van der Waals surface area contributed by atoms with E-state index in [1.807, 2.05) is 0 Å². The molecule has 1 aliphatic rings. The summed E-state index contributed by atoms with van der Waals surface area (Å²) in [6, 6.07) is 3.97. The lowest BCUT2D eigenvalue weighted by atomic mass is 10.2. The van der Waals surface area contributed by atoms with Gasteiger partial charge in [-0.1, -0.05) is 11.6 Å². The van der Waals surface area contributed by atoms with Crippen molar-refractivity contribution in [2.24, 2.45) is 0 Å². The van der Waals surface area contributed by atoms with E-state index in [1.165, 1.54) is 23.9 Å². The van der Waals surface area contributed by atoms with E-state index in [0.29, 0.717) is 17.0 Å². The second-order valence-corrected chi connectivity index (χ2v) is 5.81. The molecule has 1 aromatic carbocycles. The van der Waals surface area contributed by atoms with E-state index in [4.69, 9.17) is 16.3 Å². The molecule has 22 heavy (non-hydrogen) atoms. The van der Waals surface area contributed by atoms with Gasteiger partial charge in [-0.25, -0.2) is 14.0 Å². The van der Waals surface area contributed by atoms with Gasteiger partial charge in [-0.2, -0.15) is 0 Å². The lowest BCUT2D eigenvalue weighted by Gasteiger charge is -2.21. The van der Waals surface area contributed by atoms with E-state index >= 15 is 0 Å². The van der Waals surface area contributed by atoms with Crippen molar-refractivity contribution in [3.8, 4) is 0 Å². The van der Waals surface area contributed by atoms with Gasteiger partial charge in [0.15, 0.2) is 0 Å². The number of nitrogens with one attached hydrogen (secondary N) is 2. The molecule has 118 valence electrons. The molecule has 1 heterocycles. The van der Waals surface area contributed by atoms with Gasteiger partial charge in [-0.05, 0) is 25.1 Å². The molecule has 0 aliphatic carbocycles. The lowest BCUT2D eigenvalue weighted by Crippen LogP contribution is -2.44. The zero-order chi connectivity index (χ0) is 16.1. The highest BCUT2D eigenvalue weighted by atomic mass is 35.5. The number of rotatable bonds is 5. The Morgan fingerprint density at radius 2 is 2.27 bits per heavy atom. The van der Waals surface area contributed by atoms with E-state index in [-0.39, 0.29) is 24.2 Å². The van der Waals surface area contributed by atoms with Crippen LogP contribution in [0.5, 0.6) is 0 Å². The molecule has 0 aromatic heterocycles. The van der Waals surface area contributed by atoms with E-state index in [9.17, 15) is 14.0 Å². The minimum atomic E-state index is -0.493. The quantitative estimate of drug-likeness (QED) is 0.636. The van der Waals surface area contributed by atoms with Crippen LogP contribution in [0, 0.1) is 5.82 Å². The molecule has 8 heteroatoms. The van der Waals surface area contributed by atoms with Gasteiger partial charge >= 0.3 is 12.0 Å². The maximum atomic E-state index is 13.1. The summed E-state index contributed by atoms with van der Waals surface area (Å²) in [5.41, 5.74) is 0.856. The molecule has 0 unspecified atom stereocenters. The maximum absolute atomic E-state index is 13.1. The third kappa shape index (κ3) is 4.14. The van der Waals surface area contributed by atoms with Crippen LogP contribution in [0.4, 0.5) is 9.18 Å². The Labute approximate surface area is 136 Å². The molecule has 0 saturated carbocycles. The maximum Gasteiger partial charge on any atom is 0.337 e. The number of benzene rings is 1. The van der Waals surface area contributed by atoms with Crippen molar-refractivity contribution in [1.82, 2.24) is 10.6 Å². The van der Waals surface area contributed by atoms with Crippen molar-refractivity contribution in [2.45, 2.75) is 11.8 Å². The van der Waals surface area contributed by atoms with Crippen molar-refractivity contribution < 1.29 is 18.7 Å². The first-order valence-corrected chi connectivity index (χ1v) is 7.89. The van der Waals surface area contributed by atoms with Crippen LogP contribution in [-0.2, 0) is 9.53 Å². The second kappa shape index (κ2) is 7.51. The van der Waals surface area contributed by atoms with Crippen molar-refractivity contribution >= 4 is 35.4 Å². The summed E-state index contributed by atoms with van der Waals surface area (Å²) in [7, 11) is 0. The van der Waals surface area contributed by atoms with Crippen molar-refractivity contribution in [1.29, 1.82) is 0 Å². The fraction of sp³-hybridized carbons (Fsp3) is 0.286. The van der Waals surface area contributed by atoms with Crippen molar-refractivity contribution in [3.05, 3.63) is 40.3 Å². The number of hydrogen-bond acceptors (Lipinski definition) is 4. The highest BCUT2D eigenvalue weighted by molar-refractivity contribution is 7.99. The summed E-state index contributed by atoms with van der Waals surface area (Å²) in [6.07, 6.45) is 0. The van der Waals surface area contributed by atoms with Crippen LogP contribution in [0.15, 0.2) is 34.4 Å². The number of urea groups is 1. The number of amides is 2. The molecule has 2 rings (SSSR count). The molecular weight excluding hydrogens is 331 g/mol. The smallest absolute Gasteiger partial charge is 0.337 e. The van der Waals surface area contributed by atoms with Crippen LogP contribution in [0.2, 0.25) is 5.02 Å². The number of halogens is 2. The SMILES string of the molecule is CCOC(=O)C1=C(CSc2ccc(F)c(Cl)c2)NC(=O)NC1. The van der Waals surface area contributed by atoms with Crippen molar-refractivity contribution in [3.63, 3.8) is 0 Å². The zero-order valence-electron chi connectivity index (χ0n) is 11.7. The largest absolute Gasteiger partial charge is 0.463 e. The molecule has 0 fully saturated rings. The minimum Gasteiger partial charge on any atom is -0.463 e. The Morgan fingerprint density at radius 1 is 1.50 bits per heavy atom. The van der Waals surface area contributed by atoms with Crippen LogP contribution >= 0.6 is 23.4 Å². The number of carbonyl (C=O) groups excluding carboxylic acids is 2. The minimum absolute atomic E-state index is 0.0268. The van der Waals surface area contributed by atoms with E-state index in [0.717, 1.165) is 4.90 Å². The van der Waals surface area contributed by atoms with E-state index in [2.05, 4.69) is 10.6 Å². The highest BCUT2D eigenvalue weighted by Crippen LogP contribution is 2.26. The summed E-state index contributed by atoms with van der Waals surface area (Å²) in [5.74, 6) is -0.626. The van der Waals surface area contributed by atoms with Gasteiger partial charge in [0.25, 0.3) is 0 Å². The van der Waals surface area contributed by atoms with Gasteiger partial charge in [0.2, 0.25) is 0 Å². The topological polar surface area (TPSA) is 67.4 Å². The van der Waals surface area contributed by atoms with E-state index < -0.39 is 11.8 Å². The number of esters is 1. The van der Waals surface area contributed by atoms with Crippen LogP contribution < -0.4 is 10.6 Å². The molecule has 2 N–H and O–H groups in total. The molecular formula is C14H14ClFN2O3S. The normalized spacial score (nSPS) is 14.4. The summed E-state index contributed by atoms with van der Waals surface area (Å²) >= 11 is 7.06.